The second-order valence-corrected chi connectivity index (χ2v) is 12.2. The molecule has 0 spiro atoms. The number of likely N-dealkylation sites (tertiary alicyclic amines) is 1. The Morgan fingerprint density at radius 1 is 1.23 bits per heavy atom. The highest BCUT2D eigenvalue weighted by atomic mass is 19.1. The summed E-state index contributed by atoms with van der Waals surface area (Å²) in [5, 5.41) is 0.796. The highest BCUT2D eigenvalue weighted by Crippen LogP contribution is 2.54. The second kappa shape index (κ2) is 10.1. The van der Waals surface area contributed by atoms with Crippen LogP contribution < -0.4 is 4.74 Å². The number of benzene rings is 2. The fraction of sp³-hybridized carbons (Fsp3) is 0.485. The molecule has 1 N–H and O–H groups in total. The zero-order chi connectivity index (χ0) is 27.3. The normalized spacial score (nSPS) is 27.8. The number of aromatic nitrogens is 1. The average molecular weight is 531 g/mol. The number of rotatable bonds is 5. The monoisotopic (exact) mass is 530 g/mol. The number of ether oxygens (including phenoxy) is 2. The number of carbonyl (C=O) groups excluding carboxylic acids is 1. The molecule has 2 saturated heterocycles. The summed E-state index contributed by atoms with van der Waals surface area (Å²) in [4.78, 5) is 18.9. The number of piperidine rings is 1. The van der Waals surface area contributed by atoms with Gasteiger partial charge in [-0.05, 0) is 83.2 Å². The molecule has 1 aromatic heterocycles. The van der Waals surface area contributed by atoms with Crippen molar-refractivity contribution in [1.29, 1.82) is 0 Å². The molecule has 1 amide bonds. The second-order valence-electron chi connectivity index (χ2n) is 12.2. The largest absolute Gasteiger partial charge is 0.487 e. The van der Waals surface area contributed by atoms with Crippen molar-refractivity contribution in [2.24, 2.45) is 11.8 Å². The maximum absolute atomic E-state index is 14.0. The first-order chi connectivity index (χ1) is 18.7. The number of H-pyrrole nitrogens is 1. The van der Waals surface area contributed by atoms with Gasteiger partial charge in [-0.1, -0.05) is 29.8 Å². The first kappa shape index (κ1) is 26.1. The molecule has 4 heterocycles. The van der Waals surface area contributed by atoms with Crippen molar-refractivity contribution in [1.82, 2.24) is 9.88 Å². The molecule has 6 heteroatoms. The Bertz CT molecular complexity index is 1420. The molecule has 5 nitrogen and oxygen atoms in total. The van der Waals surface area contributed by atoms with Gasteiger partial charge in [0.25, 0.3) is 0 Å². The predicted octanol–water partition coefficient (Wildman–Crippen LogP) is 7.05. The number of carbonyl (C=O) groups is 1. The minimum atomic E-state index is -0.340. The summed E-state index contributed by atoms with van der Waals surface area (Å²) in [6.45, 7) is 9.85. The SMILES string of the molecule is CC(C)=CCC[C@@]1(C)Oc2ccccc2[C@H]2O[C@H]3CCN(C(=O)Cc4c(C)[nH]c5ccc(F)cc45)C[C@@H]3C[C@@H]21. The molecule has 2 aromatic carbocycles. The smallest absolute Gasteiger partial charge is 0.227 e. The molecular weight excluding hydrogens is 491 g/mol. The summed E-state index contributed by atoms with van der Waals surface area (Å²) in [6.07, 6.45) is 6.40. The van der Waals surface area contributed by atoms with Gasteiger partial charge in [0.2, 0.25) is 5.91 Å². The van der Waals surface area contributed by atoms with Crippen molar-refractivity contribution in [3.05, 3.63) is 76.8 Å². The van der Waals surface area contributed by atoms with Gasteiger partial charge in [0.05, 0.1) is 18.6 Å². The minimum Gasteiger partial charge on any atom is -0.487 e. The topological polar surface area (TPSA) is 54.6 Å². The zero-order valence-corrected chi connectivity index (χ0v) is 23.4. The van der Waals surface area contributed by atoms with E-state index in [1.165, 1.54) is 17.7 Å². The van der Waals surface area contributed by atoms with E-state index in [9.17, 15) is 9.18 Å². The predicted molar refractivity (Wildman–Crippen MR) is 151 cm³/mol. The Labute approximate surface area is 230 Å². The molecular formula is C33H39FN2O3. The quantitative estimate of drug-likeness (QED) is 0.360. The van der Waals surface area contributed by atoms with Crippen molar-refractivity contribution in [3.63, 3.8) is 0 Å². The number of hydrogen-bond donors (Lipinski definition) is 1. The van der Waals surface area contributed by atoms with Gasteiger partial charge in [-0.3, -0.25) is 4.79 Å². The van der Waals surface area contributed by atoms with E-state index >= 15 is 0 Å². The van der Waals surface area contributed by atoms with Crippen molar-refractivity contribution in [2.45, 2.75) is 77.6 Å². The van der Waals surface area contributed by atoms with Crippen LogP contribution in [0.3, 0.4) is 0 Å². The molecule has 206 valence electrons. The lowest BCUT2D eigenvalue weighted by Crippen LogP contribution is -2.57. The van der Waals surface area contributed by atoms with Crippen LogP contribution in [0.5, 0.6) is 5.75 Å². The van der Waals surface area contributed by atoms with Crippen LogP contribution in [-0.4, -0.2) is 40.6 Å². The van der Waals surface area contributed by atoms with E-state index in [4.69, 9.17) is 9.47 Å². The summed E-state index contributed by atoms with van der Waals surface area (Å²) in [5.74, 6) is 1.24. The fourth-order valence-corrected chi connectivity index (χ4v) is 7.10. The van der Waals surface area contributed by atoms with Gasteiger partial charge in [0, 0.05) is 47.1 Å². The summed E-state index contributed by atoms with van der Waals surface area (Å²) in [5.41, 5.74) is 4.82. The van der Waals surface area contributed by atoms with E-state index in [1.54, 1.807) is 6.07 Å². The molecule has 2 fully saturated rings. The maximum Gasteiger partial charge on any atom is 0.227 e. The van der Waals surface area contributed by atoms with Gasteiger partial charge >= 0.3 is 0 Å². The van der Waals surface area contributed by atoms with Crippen LogP contribution in [0, 0.1) is 24.6 Å². The number of amides is 1. The number of para-hydroxylation sites is 1. The molecule has 3 aliphatic rings. The van der Waals surface area contributed by atoms with Crippen LogP contribution in [0.25, 0.3) is 10.9 Å². The third kappa shape index (κ3) is 4.88. The number of hydrogen-bond acceptors (Lipinski definition) is 3. The van der Waals surface area contributed by atoms with Crippen molar-refractivity contribution < 1.29 is 18.7 Å². The molecule has 0 saturated carbocycles. The number of nitrogens with one attached hydrogen (secondary N) is 1. The lowest BCUT2D eigenvalue weighted by Gasteiger charge is -2.54. The Morgan fingerprint density at radius 2 is 2.05 bits per heavy atom. The number of nitrogens with zero attached hydrogens (tertiary/aromatic N) is 1. The molecule has 0 bridgehead atoms. The van der Waals surface area contributed by atoms with E-state index in [-0.39, 0.29) is 47.8 Å². The van der Waals surface area contributed by atoms with E-state index < -0.39 is 0 Å². The lowest BCUT2D eigenvalue weighted by atomic mass is 9.68. The Balaban J connectivity index is 1.21. The molecule has 0 aliphatic carbocycles. The minimum absolute atomic E-state index is 0.0129. The lowest BCUT2D eigenvalue weighted by molar-refractivity contribution is -0.193. The zero-order valence-electron chi connectivity index (χ0n) is 23.4. The van der Waals surface area contributed by atoms with Gasteiger partial charge in [0.15, 0.2) is 0 Å². The maximum atomic E-state index is 14.0. The van der Waals surface area contributed by atoms with Crippen LogP contribution in [-0.2, 0) is 16.0 Å². The van der Waals surface area contributed by atoms with Gasteiger partial charge < -0.3 is 19.4 Å². The summed E-state index contributed by atoms with van der Waals surface area (Å²) in [7, 11) is 0. The summed E-state index contributed by atoms with van der Waals surface area (Å²) in [6, 6.07) is 13.0. The summed E-state index contributed by atoms with van der Waals surface area (Å²) < 4.78 is 27.6. The number of fused-ring (bicyclic) bond motifs is 5. The van der Waals surface area contributed by atoms with E-state index in [0.29, 0.717) is 13.1 Å². The fourth-order valence-electron chi connectivity index (χ4n) is 7.10. The first-order valence-corrected chi connectivity index (χ1v) is 14.3. The molecule has 0 radical (unpaired) electrons. The molecule has 6 rings (SSSR count). The average Bonchev–Trinajstić information content (AvgIpc) is 3.21. The van der Waals surface area contributed by atoms with Crippen LogP contribution in [0.15, 0.2) is 54.1 Å². The Morgan fingerprint density at radius 3 is 2.87 bits per heavy atom. The van der Waals surface area contributed by atoms with Gasteiger partial charge in [-0.25, -0.2) is 4.39 Å². The van der Waals surface area contributed by atoms with Gasteiger partial charge in [0.1, 0.15) is 17.2 Å². The molecule has 0 unspecified atom stereocenters. The number of aromatic amines is 1. The van der Waals surface area contributed by atoms with Crippen LogP contribution in [0.1, 0.15) is 69.4 Å². The van der Waals surface area contributed by atoms with Crippen molar-refractivity contribution in [3.8, 4) is 5.75 Å². The number of aryl methyl sites for hydroxylation is 1. The van der Waals surface area contributed by atoms with Gasteiger partial charge in [-0.15, -0.1) is 0 Å². The highest BCUT2D eigenvalue weighted by molar-refractivity contribution is 5.90. The van der Waals surface area contributed by atoms with E-state index in [1.807, 2.05) is 17.9 Å². The Hall–Kier alpha value is -3.12. The third-order valence-electron chi connectivity index (χ3n) is 9.22. The molecule has 5 atom stereocenters. The van der Waals surface area contributed by atoms with Crippen molar-refractivity contribution >= 4 is 16.8 Å². The number of halogens is 1. The summed E-state index contributed by atoms with van der Waals surface area (Å²) >= 11 is 0. The van der Waals surface area contributed by atoms with E-state index in [2.05, 4.69) is 50.0 Å². The molecule has 3 aliphatic heterocycles. The highest BCUT2D eigenvalue weighted by Gasteiger charge is 2.53. The molecule has 3 aromatic rings. The van der Waals surface area contributed by atoms with Crippen molar-refractivity contribution in [2.75, 3.05) is 13.1 Å². The third-order valence-corrected chi connectivity index (χ3v) is 9.22. The Kier molecular flexibility index (Phi) is 6.78. The van der Waals surface area contributed by atoms with Gasteiger partial charge in [-0.2, -0.15) is 0 Å². The first-order valence-electron chi connectivity index (χ1n) is 14.3. The number of allylic oxidation sites excluding steroid dienone is 2. The van der Waals surface area contributed by atoms with Crippen LogP contribution in [0.4, 0.5) is 4.39 Å². The van der Waals surface area contributed by atoms with Crippen LogP contribution in [0.2, 0.25) is 0 Å². The standard InChI is InChI=1S/C33H39FN2O3/c1-20(2)8-7-14-33(4)27-16-22-19-36(15-13-29(22)38-32(27)24-9-5-6-10-30(24)39-33)31(37)18-25-21(3)35-28-12-11-23(34)17-26(25)28/h5-6,8-12,17,22,27,29,32,35H,7,13-16,18-19H2,1-4H3/t22-,27-,29-,32+,33+/m0/s1. The van der Waals surface area contributed by atoms with Crippen LogP contribution >= 0.6 is 0 Å². The van der Waals surface area contributed by atoms with E-state index in [0.717, 1.165) is 59.2 Å². The molecule has 39 heavy (non-hydrogen) atoms.